The van der Waals surface area contributed by atoms with Crippen molar-refractivity contribution >= 4 is 0 Å². The largest absolute Gasteiger partial charge is 0.484 e. The lowest BCUT2D eigenvalue weighted by molar-refractivity contribution is -0.207. The number of ether oxygens (including phenoxy) is 1. The highest BCUT2D eigenvalue weighted by atomic mass is 19.4. The predicted octanol–water partition coefficient (Wildman–Crippen LogP) is 4.63. The number of nitrogens with zero attached hydrogens (tertiary/aromatic N) is 5. The van der Waals surface area contributed by atoms with Gasteiger partial charge in [-0.1, -0.05) is 18.2 Å². The number of aliphatic hydroxyl groups is 1. The minimum Gasteiger partial charge on any atom is -0.484 e. The van der Waals surface area contributed by atoms with Crippen LogP contribution in [0.2, 0.25) is 0 Å². The van der Waals surface area contributed by atoms with Crippen LogP contribution in [0.1, 0.15) is 16.7 Å². The Labute approximate surface area is 209 Å². The fourth-order valence-electron chi connectivity index (χ4n) is 3.28. The van der Waals surface area contributed by atoms with Crippen molar-refractivity contribution in [2.24, 2.45) is 0 Å². The number of benzene rings is 2. The fraction of sp³-hybridized carbons (Fsp3) is 0.217. The third kappa shape index (κ3) is 5.53. The molecule has 2 aromatic carbocycles. The Morgan fingerprint density at radius 3 is 2.27 bits per heavy atom. The maximum atomic E-state index is 15.9. The van der Waals surface area contributed by atoms with Gasteiger partial charge < -0.3 is 9.84 Å². The molecule has 0 spiro atoms. The number of rotatable bonds is 8. The van der Waals surface area contributed by atoms with Gasteiger partial charge in [0.15, 0.2) is 12.2 Å². The van der Waals surface area contributed by atoms with Gasteiger partial charge in [0.1, 0.15) is 29.4 Å². The lowest BCUT2D eigenvalue weighted by Gasteiger charge is -2.35. The Balaban J connectivity index is 1.77. The highest BCUT2D eigenvalue weighted by molar-refractivity contribution is 5.63. The lowest BCUT2D eigenvalue weighted by Crippen LogP contribution is -2.48. The summed E-state index contributed by atoms with van der Waals surface area (Å²) in [6.07, 6.45) is -3.25. The van der Waals surface area contributed by atoms with E-state index in [0.29, 0.717) is 29.1 Å². The van der Waals surface area contributed by atoms with Crippen LogP contribution < -0.4 is 4.74 Å². The van der Waals surface area contributed by atoms with Crippen molar-refractivity contribution in [1.29, 1.82) is 0 Å². The van der Waals surface area contributed by atoms with Crippen LogP contribution in [-0.2, 0) is 18.1 Å². The van der Waals surface area contributed by atoms with Crippen molar-refractivity contribution < 1.29 is 46.1 Å². The summed E-state index contributed by atoms with van der Waals surface area (Å²) < 4.78 is 135. The number of aromatic nitrogens is 5. The first-order valence-electron chi connectivity index (χ1n) is 12.1. The monoisotopic (exact) mass is 531 g/mol. The fourth-order valence-corrected chi connectivity index (χ4v) is 3.28. The van der Waals surface area contributed by atoms with E-state index >= 15 is 8.78 Å². The minimum absolute atomic E-state index is 0.249. The van der Waals surface area contributed by atoms with E-state index in [9.17, 15) is 27.1 Å². The van der Waals surface area contributed by atoms with E-state index < -0.39 is 89.2 Å². The topological polar surface area (TPSA) is 86.0 Å². The standard InChI is InChI=1S/C23H16F7N5O2/c24-16-4-7-18(19(25)9-16)21(36,11-35-13-32-33-34-35)23(29,30)20-8-3-15(10-31-20)14-1-5-17(6-2-14)37-12-22(26,27)28/h1-10,13,36H,11-12H2/i1D,2D,5D,6D. The molecule has 4 rings (SSSR count). The van der Waals surface area contributed by atoms with Crippen molar-refractivity contribution in [1.82, 2.24) is 25.2 Å². The number of hydrogen-bond donors (Lipinski definition) is 1. The van der Waals surface area contributed by atoms with E-state index in [1.807, 2.05) is 0 Å². The Kier molecular flexibility index (Phi) is 5.56. The summed E-state index contributed by atoms with van der Waals surface area (Å²) in [7, 11) is 0. The highest BCUT2D eigenvalue weighted by Gasteiger charge is 2.58. The molecule has 194 valence electrons. The molecule has 1 N–H and O–H groups in total. The van der Waals surface area contributed by atoms with Crippen LogP contribution >= 0.6 is 0 Å². The first-order valence-corrected chi connectivity index (χ1v) is 10.1. The summed E-state index contributed by atoms with van der Waals surface area (Å²) >= 11 is 0. The summed E-state index contributed by atoms with van der Waals surface area (Å²) in [5, 5.41) is 21.2. The lowest BCUT2D eigenvalue weighted by atomic mass is 9.84. The zero-order valence-electron chi connectivity index (χ0n) is 22.2. The normalized spacial score (nSPS) is 15.4. The van der Waals surface area contributed by atoms with Gasteiger partial charge in [-0.3, -0.25) is 4.98 Å². The molecule has 2 aromatic heterocycles. The van der Waals surface area contributed by atoms with E-state index in [-0.39, 0.29) is 11.6 Å². The van der Waals surface area contributed by atoms with Gasteiger partial charge in [0.25, 0.3) is 0 Å². The molecule has 2 heterocycles. The molecule has 7 nitrogen and oxygen atoms in total. The molecule has 0 saturated carbocycles. The summed E-state index contributed by atoms with van der Waals surface area (Å²) in [6, 6.07) is -0.483. The second-order valence-electron chi connectivity index (χ2n) is 7.61. The Bertz CT molecular complexity index is 1550. The summed E-state index contributed by atoms with van der Waals surface area (Å²) in [5.74, 6) is -7.99. The number of alkyl halides is 5. The molecule has 37 heavy (non-hydrogen) atoms. The smallest absolute Gasteiger partial charge is 0.422 e. The van der Waals surface area contributed by atoms with Crippen LogP contribution in [0.15, 0.2) is 67.0 Å². The summed E-state index contributed by atoms with van der Waals surface area (Å²) in [4.78, 5) is 3.59. The molecule has 1 atom stereocenters. The molecule has 0 amide bonds. The highest BCUT2D eigenvalue weighted by Crippen LogP contribution is 2.46. The molecule has 0 saturated heterocycles. The van der Waals surface area contributed by atoms with Gasteiger partial charge in [-0.25, -0.2) is 13.5 Å². The van der Waals surface area contributed by atoms with Gasteiger partial charge in [-0.15, -0.1) is 5.10 Å². The molecule has 0 aliphatic rings. The molecule has 14 heteroatoms. The molecule has 1 unspecified atom stereocenters. The van der Waals surface area contributed by atoms with Crippen LogP contribution in [0.5, 0.6) is 5.75 Å². The van der Waals surface area contributed by atoms with Gasteiger partial charge in [-0.05, 0) is 46.3 Å². The van der Waals surface area contributed by atoms with Crippen LogP contribution in [0.4, 0.5) is 30.7 Å². The average molecular weight is 531 g/mol. The van der Waals surface area contributed by atoms with Crippen LogP contribution in [0.3, 0.4) is 0 Å². The van der Waals surface area contributed by atoms with E-state index in [1.54, 1.807) is 0 Å². The summed E-state index contributed by atoms with van der Waals surface area (Å²) in [6.45, 7) is -2.99. The molecular formula is C23H16F7N5O2. The number of hydrogen-bond acceptors (Lipinski definition) is 6. The predicted molar refractivity (Wildman–Crippen MR) is 113 cm³/mol. The minimum atomic E-state index is -4.82. The molecule has 0 fully saturated rings. The molecule has 0 aliphatic heterocycles. The number of pyridine rings is 1. The van der Waals surface area contributed by atoms with Gasteiger partial charge in [0, 0.05) is 23.4 Å². The molecule has 4 aromatic rings. The van der Waals surface area contributed by atoms with E-state index in [1.165, 1.54) is 0 Å². The van der Waals surface area contributed by atoms with Gasteiger partial charge in [-0.2, -0.15) is 22.0 Å². The van der Waals surface area contributed by atoms with Crippen molar-refractivity contribution in [2.45, 2.75) is 24.2 Å². The second-order valence-corrected chi connectivity index (χ2v) is 7.61. The van der Waals surface area contributed by atoms with E-state index in [2.05, 4.69) is 25.2 Å². The SMILES string of the molecule is [2H]c1c([2H])c(-c2ccc(C(F)(F)C(O)(Cn3cnnn3)c3ccc(F)cc3F)nc2)c([2H])c([2H])c1OCC(F)(F)F. The van der Waals surface area contributed by atoms with Gasteiger partial charge in [0.05, 0.1) is 12.0 Å². The second kappa shape index (κ2) is 9.76. The Morgan fingerprint density at radius 1 is 0.973 bits per heavy atom. The van der Waals surface area contributed by atoms with Gasteiger partial charge in [0.2, 0.25) is 0 Å². The molecule has 0 aliphatic carbocycles. The van der Waals surface area contributed by atoms with Crippen LogP contribution in [0.25, 0.3) is 11.1 Å². The van der Waals surface area contributed by atoms with Crippen molar-refractivity contribution in [3.8, 4) is 16.9 Å². The number of halogens is 7. The number of tetrazole rings is 1. The van der Waals surface area contributed by atoms with Crippen molar-refractivity contribution in [2.75, 3.05) is 6.61 Å². The maximum absolute atomic E-state index is 15.9. The summed E-state index contributed by atoms with van der Waals surface area (Å²) in [5.41, 5.74) is -6.34. The molecular weight excluding hydrogens is 511 g/mol. The van der Waals surface area contributed by atoms with Crippen molar-refractivity contribution in [3.63, 3.8) is 0 Å². The van der Waals surface area contributed by atoms with E-state index in [0.717, 1.165) is 12.4 Å². The average Bonchev–Trinajstić information content (AvgIpc) is 3.40. The third-order valence-electron chi connectivity index (χ3n) is 5.03. The maximum Gasteiger partial charge on any atom is 0.422 e. The van der Waals surface area contributed by atoms with Crippen LogP contribution in [-0.4, -0.2) is 43.1 Å². The van der Waals surface area contributed by atoms with E-state index in [4.69, 9.17) is 5.48 Å². The first-order chi connectivity index (χ1) is 19.1. The third-order valence-corrected chi connectivity index (χ3v) is 5.03. The Morgan fingerprint density at radius 2 is 1.70 bits per heavy atom. The molecule has 0 bridgehead atoms. The zero-order chi connectivity index (χ0) is 30.3. The van der Waals surface area contributed by atoms with Crippen molar-refractivity contribution in [3.05, 3.63) is 89.9 Å². The zero-order valence-corrected chi connectivity index (χ0v) is 18.2. The quantitative estimate of drug-likeness (QED) is 0.334. The first kappa shape index (κ1) is 21.1. The Hall–Kier alpha value is -4.07. The van der Waals surface area contributed by atoms with Crippen LogP contribution in [0, 0.1) is 11.6 Å². The van der Waals surface area contributed by atoms with Gasteiger partial charge >= 0.3 is 12.1 Å². The molecule has 0 radical (unpaired) electrons.